The summed E-state index contributed by atoms with van der Waals surface area (Å²) in [5.41, 5.74) is 0.0869. The Hall–Kier alpha value is -0.620. The molecule has 0 aliphatic carbocycles. The van der Waals surface area contributed by atoms with E-state index in [9.17, 15) is 13.2 Å². The highest BCUT2D eigenvalue weighted by molar-refractivity contribution is 7.89. The molecule has 0 saturated carbocycles. The van der Waals surface area contributed by atoms with E-state index in [2.05, 4.69) is 4.72 Å². The third-order valence-corrected chi connectivity index (χ3v) is 3.47. The smallest absolute Gasteiger partial charge is 0.303 e. The zero-order chi connectivity index (χ0) is 12.8. The maximum absolute atomic E-state index is 11.4. The summed E-state index contributed by atoms with van der Waals surface area (Å²) in [5.74, 6) is -1.09. The molecule has 0 fully saturated rings. The summed E-state index contributed by atoms with van der Waals surface area (Å²) in [6.07, 6.45) is 0.797. The van der Waals surface area contributed by atoms with Gasteiger partial charge in [-0.25, -0.2) is 13.1 Å². The minimum Gasteiger partial charge on any atom is -0.481 e. The molecule has 0 aliphatic heterocycles. The van der Waals surface area contributed by atoms with E-state index in [1.165, 1.54) is 0 Å². The molecule has 0 aromatic heterocycles. The predicted molar refractivity (Wildman–Crippen MR) is 62.7 cm³/mol. The normalized spacial score (nSPS) is 12.7. The van der Waals surface area contributed by atoms with E-state index < -0.39 is 16.0 Å². The molecule has 0 atom stereocenters. The van der Waals surface area contributed by atoms with Crippen molar-refractivity contribution in [3.8, 4) is 0 Å². The van der Waals surface area contributed by atoms with Crippen molar-refractivity contribution in [2.45, 2.75) is 40.0 Å². The van der Waals surface area contributed by atoms with E-state index in [0.29, 0.717) is 6.54 Å². The predicted octanol–water partition coefficient (Wildman–Crippen LogP) is 1.21. The van der Waals surface area contributed by atoms with Gasteiger partial charge >= 0.3 is 5.97 Å². The van der Waals surface area contributed by atoms with Gasteiger partial charge in [0.1, 0.15) is 0 Å². The Labute approximate surface area is 97.3 Å². The summed E-state index contributed by atoms with van der Waals surface area (Å²) in [7, 11) is -3.31. The number of nitrogens with one attached hydrogen (secondary N) is 1. The molecule has 0 aromatic rings. The zero-order valence-electron chi connectivity index (χ0n) is 10.1. The molecule has 16 heavy (non-hydrogen) atoms. The van der Waals surface area contributed by atoms with Crippen molar-refractivity contribution in [1.82, 2.24) is 4.72 Å². The number of rotatable bonds is 7. The molecule has 5 nitrogen and oxygen atoms in total. The van der Waals surface area contributed by atoms with Gasteiger partial charge in [-0.1, -0.05) is 20.8 Å². The maximum atomic E-state index is 11.4. The molecule has 0 rings (SSSR count). The standard InChI is InChI=1S/C10H21NO4S/c1-10(2,3)6-7-11-16(14,15)8-4-5-9(12)13/h11H,4-8H2,1-3H3,(H,12,13). The van der Waals surface area contributed by atoms with Gasteiger partial charge in [-0.05, 0) is 18.3 Å². The molecule has 0 amide bonds. The van der Waals surface area contributed by atoms with Gasteiger partial charge in [0.15, 0.2) is 0 Å². The molecule has 0 aliphatic rings. The highest BCUT2D eigenvalue weighted by Crippen LogP contribution is 2.17. The highest BCUT2D eigenvalue weighted by Gasteiger charge is 2.14. The fourth-order valence-electron chi connectivity index (χ4n) is 1.07. The van der Waals surface area contributed by atoms with E-state index in [-0.39, 0.29) is 24.0 Å². The van der Waals surface area contributed by atoms with Crippen molar-refractivity contribution < 1.29 is 18.3 Å². The van der Waals surface area contributed by atoms with Crippen LogP contribution in [0.1, 0.15) is 40.0 Å². The second kappa shape index (κ2) is 6.20. The Balaban J connectivity index is 3.84. The largest absolute Gasteiger partial charge is 0.481 e. The maximum Gasteiger partial charge on any atom is 0.303 e. The first-order chi connectivity index (χ1) is 7.12. The first kappa shape index (κ1) is 15.4. The van der Waals surface area contributed by atoms with Crippen LogP contribution in [0.3, 0.4) is 0 Å². The second-order valence-electron chi connectivity index (χ2n) is 5.02. The lowest BCUT2D eigenvalue weighted by Gasteiger charge is -2.17. The Kier molecular flexibility index (Phi) is 5.96. The van der Waals surface area contributed by atoms with Gasteiger partial charge in [-0.15, -0.1) is 0 Å². The third-order valence-electron chi connectivity index (χ3n) is 2.00. The average molecular weight is 251 g/mol. The highest BCUT2D eigenvalue weighted by atomic mass is 32.2. The summed E-state index contributed by atoms with van der Waals surface area (Å²) in [6, 6.07) is 0. The van der Waals surface area contributed by atoms with E-state index in [1.807, 2.05) is 20.8 Å². The number of aliphatic carboxylic acids is 1. The summed E-state index contributed by atoms with van der Waals surface area (Å²) >= 11 is 0. The SMILES string of the molecule is CC(C)(C)CCNS(=O)(=O)CCCC(=O)O. The van der Waals surface area contributed by atoms with Crippen molar-refractivity contribution in [2.75, 3.05) is 12.3 Å². The van der Waals surface area contributed by atoms with Crippen LogP contribution in [-0.2, 0) is 14.8 Å². The Morgan fingerprint density at radius 1 is 1.31 bits per heavy atom. The fraction of sp³-hybridized carbons (Fsp3) is 0.900. The van der Waals surface area contributed by atoms with Gasteiger partial charge in [0.2, 0.25) is 10.0 Å². The summed E-state index contributed by atoms with van der Waals surface area (Å²) in [5, 5.41) is 8.38. The summed E-state index contributed by atoms with van der Waals surface area (Å²) in [4.78, 5) is 10.2. The van der Waals surface area contributed by atoms with Gasteiger partial charge in [0, 0.05) is 13.0 Å². The van der Waals surface area contributed by atoms with Gasteiger partial charge in [-0.2, -0.15) is 0 Å². The topological polar surface area (TPSA) is 83.5 Å². The van der Waals surface area contributed by atoms with E-state index >= 15 is 0 Å². The zero-order valence-corrected chi connectivity index (χ0v) is 10.9. The number of hydrogen-bond donors (Lipinski definition) is 2. The fourth-order valence-corrected chi connectivity index (χ4v) is 2.15. The van der Waals surface area contributed by atoms with Crippen LogP contribution < -0.4 is 4.72 Å². The van der Waals surface area contributed by atoms with E-state index in [4.69, 9.17) is 5.11 Å². The van der Waals surface area contributed by atoms with Crippen LogP contribution in [0.25, 0.3) is 0 Å². The van der Waals surface area contributed by atoms with Crippen molar-refractivity contribution in [3.63, 3.8) is 0 Å². The van der Waals surface area contributed by atoms with Crippen LogP contribution in [0.5, 0.6) is 0 Å². The first-order valence-electron chi connectivity index (χ1n) is 5.31. The van der Waals surface area contributed by atoms with Gasteiger partial charge in [0.25, 0.3) is 0 Å². The van der Waals surface area contributed by atoms with Gasteiger partial charge in [-0.3, -0.25) is 4.79 Å². The molecule has 96 valence electrons. The molecule has 6 heteroatoms. The van der Waals surface area contributed by atoms with Crippen LogP contribution in [0.2, 0.25) is 0 Å². The quantitative estimate of drug-likeness (QED) is 0.712. The Morgan fingerprint density at radius 3 is 2.31 bits per heavy atom. The molecule has 0 spiro atoms. The molecular formula is C10H21NO4S. The molecule has 2 N–H and O–H groups in total. The second-order valence-corrected chi connectivity index (χ2v) is 6.95. The molecule has 0 saturated heterocycles. The van der Waals surface area contributed by atoms with Gasteiger partial charge < -0.3 is 5.11 Å². The number of sulfonamides is 1. The molecule has 0 radical (unpaired) electrons. The Morgan fingerprint density at radius 2 is 1.88 bits per heavy atom. The van der Waals surface area contributed by atoms with E-state index in [0.717, 1.165) is 6.42 Å². The van der Waals surface area contributed by atoms with Crippen LogP contribution in [0, 0.1) is 5.41 Å². The minimum absolute atomic E-state index is 0.0869. The van der Waals surface area contributed by atoms with Crippen LogP contribution in [0.15, 0.2) is 0 Å². The number of hydrogen-bond acceptors (Lipinski definition) is 3. The molecular weight excluding hydrogens is 230 g/mol. The van der Waals surface area contributed by atoms with Crippen LogP contribution in [-0.4, -0.2) is 31.8 Å². The van der Waals surface area contributed by atoms with Crippen molar-refractivity contribution in [2.24, 2.45) is 5.41 Å². The van der Waals surface area contributed by atoms with Crippen molar-refractivity contribution in [1.29, 1.82) is 0 Å². The first-order valence-corrected chi connectivity index (χ1v) is 6.97. The molecule has 0 bridgehead atoms. The lowest BCUT2D eigenvalue weighted by Crippen LogP contribution is -2.29. The summed E-state index contributed by atoms with van der Waals surface area (Å²) < 4.78 is 25.3. The lowest BCUT2D eigenvalue weighted by molar-refractivity contribution is -0.137. The molecule has 0 unspecified atom stereocenters. The Bertz CT molecular complexity index is 316. The van der Waals surface area contributed by atoms with Gasteiger partial charge in [0.05, 0.1) is 5.75 Å². The summed E-state index contributed by atoms with van der Waals surface area (Å²) in [6.45, 7) is 6.50. The van der Waals surface area contributed by atoms with E-state index in [1.54, 1.807) is 0 Å². The minimum atomic E-state index is -3.31. The molecule has 0 heterocycles. The third kappa shape index (κ3) is 9.92. The number of carboxylic acid groups (broad SMARTS) is 1. The van der Waals surface area contributed by atoms with Crippen LogP contribution >= 0.6 is 0 Å². The van der Waals surface area contributed by atoms with Crippen molar-refractivity contribution in [3.05, 3.63) is 0 Å². The lowest BCUT2D eigenvalue weighted by atomic mass is 9.93. The molecule has 0 aromatic carbocycles. The van der Waals surface area contributed by atoms with Crippen molar-refractivity contribution >= 4 is 16.0 Å². The monoisotopic (exact) mass is 251 g/mol. The average Bonchev–Trinajstić information content (AvgIpc) is 1.99. The number of carbonyl (C=O) groups is 1. The number of carboxylic acids is 1. The van der Waals surface area contributed by atoms with Crippen LogP contribution in [0.4, 0.5) is 0 Å².